The number of benzene rings is 1. The Balaban J connectivity index is 1.62. The van der Waals surface area contributed by atoms with Gasteiger partial charge >= 0.3 is 0 Å². The first-order valence-electron chi connectivity index (χ1n) is 6.87. The lowest BCUT2D eigenvalue weighted by Gasteiger charge is -2.06. The lowest BCUT2D eigenvalue weighted by Crippen LogP contribution is -2.14. The second kappa shape index (κ2) is 4.66. The van der Waals surface area contributed by atoms with Crippen LogP contribution in [0.3, 0.4) is 0 Å². The van der Waals surface area contributed by atoms with Gasteiger partial charge in [-0.15, -0.1) is 5.10 Å². The second-order valence-electron chi connectivity index (χ2n) is 5.18. The van der Waals surface area contributed by atoms with E-state index in [2.05, 4.69) is 25.5 Å². The highest BCUT2D eigenvalue weighted by Gasteiger charge is 2.28. The summed E-state index contributed by atoms with van der Waals surface area (Å²) in [5.41, 5.74) is 0.711. The zero-order chi connectivity index (χ0) is 14.2. The van der Waals surface area contributed by atoms with Crippen molar-refractivity contribution in [2.45, 2.75) is 18.8 Å². The Morgan fingerprint density at radius 3 is 3.05 bits per heavy atom. The van der Waals surface area contributed by atoms with Crippen LogP contribution in [-0.4, -0.2) is 26.1 Å². The van der Waals surface area contributed by atoms with E-state index in [1.165, 1.54) is 0 Å². The van der Waals surface area contributed by atoms with Crippen LogP contribution in [0.4, 0.5) is 5.69 Å². The molecule has 0 saturated heterocycles. The zero-order valence-corrected chi connectivity index (χ0v) is 11.2. The Morgan fingerprint density at radius 2 is 2.19 bits per heavy atom. The van der Waals surface area contributed by atoms with Gasteiger partial charge in [0.2, 0.25) is 5.82 Å². The van der Waals surface area contributed by atoms with Crippen LogP contribution in [0.1, 0.15) is 35.2 Å². The number of carbonyl (C=O) groups is 1. The summed E-state index contributed by atoms with van der Waals surface area (Å²) >= 11 is 0. The van der Waals surface area contributed by atoms with Crippen LogP contribution in [-0.2, 0) is 0 Å². The van der Waals surface area contributed by atoms with Crippen LogP contribution >= 0.6 is 0 Å². The molecule has 0 bridgehead atoms. The quantitative estimate of drug-likeness (QED) is 0.771. The molecule has 0 atom stereocenters. The van der Waals surface area contributed by atoms with Crippen molar-refractivity contribution in [3.8, 4) is 0 Å². The molecule has 4 rings (SSSR count). The maximum atomic E-state index is 12.2. The first-order chi connectivity index (χ1) is 10.3. The third kappa shape index (κ3) is 2.24. The molecular formula is C15H13N5O. The van der Waals surface area contributed by atoms with Gasteiger partial charge in [0.25, 0.3) is 5.91 Å². The van der Waals surface area contributed by atoms with Gasteiger partial charge in [-0.05, 0) is 30.4 Å². The molecule has 1 aliphatic rings. The van der Waals surface area contributed by atoms with Gasteiger partial charge in [0, 0.05) is 23.7 Å². The molecule has 2 heterocycles. The molecule has 6 nitrogen and oxygen atoms in total. The first-order valence-corrected chi connectivity index (χ1v) is 6.87. The predicted molar refractivity (Wildman–Crippen MR) is 78.1 cm³/mol. The van der Waals surface area contributed by atoms with E-state index >= 15 is 0 Å². The normalized spacial score (nSPS) is 14.3. The fraction of sp³-hybridized carbons (Fsp3) is 0.200. The SMILES string of the molecule is O=C(Nc1cccc2ccncc12)c1n[nH]c(C2CC2)n1. The molecule has 3 aromatic rings. The van der Waals surface area contributed by atoms with Gasteiger partial charge in [-0.25, -0.2) is 4.98 Å². The summed E-state index contributed by atoms with van der Waals surface area (Å²) in [4.78, 5) is 20.6. The molecule has 2 aromatic heterocycles. The van der Waals surface area contributed by atoms with E-state index in [1.54, 1.807) is 12.4 Å². The summed E-state index contributed by atoms with van der Waals surface area (Å²) in [6.45, 7) is 0. The fourth-order valence-electron chi connectivity index (χ4n) is 2.32. The number of anilines is 1. The minimum atomic E-state index is -0.311. The number of aromatic nitrogens is 4. The number of rotatable bonds is 3. The van der Waals surface area contributed by atoms with Crippen LogP contribution in [0.15, 0.2) is 36.7 Å². The van der Waals surface area contributed by atoms with Crippen LogP contribution in [0.25, 0.3) is 10.8 Å². The van der Waals surface area contributed by atoms with Crippen molar-refractivity contribution < 1.29 is 4.79 Å². The molecule has 1 aliphatic carbocycles. The Bertz CT molecular complexity index is 816. The third-order valence-electron chi connectivity index (χ3n) is 3.60. The van der Waals surface area contributed by atoms with Gasteiger partial charge in [0.15, 0.2) is 0 Å². The smallest absolute Gasteiger partial charge is 0.295 e. The fourth-order valence-corrected chi connectivity index (χ4v) is 2.32. The topological polar surface area (TPSA) is 83.6 Å². The molecule has 6 heteroatoms. The summed E-state index contributed by atoms with van der Waals surface area (Å²) in [6.07, 6.45) is 5.69. The number of nitrogens with zero attached hydrogens (tertiary/aromatic N) is 3. The van der Waals surface area contributed by atoms with Crippen molar-refractivity contribution in [2.75, 3.05) is 5.32 Å². The second-order valence-corrected chi connectivity index (χ2v) is 5.18. The standard InChI is InChI=1S/C15H13N5O/c21-15(14-18-13(19-20-14)10-4-5-10)17-12-3-1-2-9-6-7-16-8-11(9)12/h1-3,6-8,10H,4-5H2,(H,17,21)(H,18,19,20). The third-order valence-corrected chi connectivity index (χ3v) is 3.60. The number of aromatic amines is 1. The van der Waals surface area contributed by atoms with Crippen LogP contribution in [0.2, 0.25) is 0 Å². The van der Waals surface area contributed by atoms with E-state index in [1.807, 2.05) is 24.3 Å². The van der Waals surface area contributed by atoms with Gasteiger partial charge in [-0.1, -0.05) is 12.1 Å². The molecule has 1 aromatic carbocycles. The van der Waals surface area contributed by atoms with Crippen molar-refractivity contribution in [1.29, 1.82) is 0 Å². The highest BCUT2D eigenvalue weighted by Crippen LogP contribution is 2.37. The summed E-state index contributed by atoms with van der Waals surface area (Å²) in [7, 11) is 0. The molecule has 0 spiro atoms. The number of pyridine rings is 1. The van der Waals surface area contributed by atoms with Crippen LogP contribution in [0, 0.1) is 0 Å². The summed E-state index contributed by atoms with van der Waals surface area (Å²) in [5, 5.41) is 11.6. The molecule has 0 aliphatic heterocycles. The van der Waals surface area contributed by atoms with E-state index in [-0.39, 0.29) is 11.7 Å². The maximum absolute atomic E-state index is 12.2. The molecule has 1 fully saturated rings. The number of amides is 1. The van der Waals surface area contributed by atoms with Crippen molar-refractivity contribution in [3.63, 3.8) is 0 Å². The molecule has 0 unspecified atom stereocenters. The number of hydrogen-bond donors (Lipinski definition) is 2. The number of carbonyl (C=O) groups excluding carboxylic acids is 1. The van der Waals surface area contributed by atoms with Gasteiger partial charge in [0.05, 0.1) is 5.69 Å². The lowest BCUT2D eigenvalue weighted by molar-refractivity contribution is 0.101. The largest absolute Gasteiger partial charge is 0.319 e. The molecule has 2 N–H and O–H groups in total. The van der Waals surface area contributed by atoms with Gasteiger partial charge in [-0.3, -0.25) is 14.9 Å². The average Bonchev–Trinajstić information content (AvgIpc) is 3.25. The first kappa shape index (κ1) is 12.0. The van der Waals surface area contributed by atoms with Gasteiger partial charge < -0.3 is 5.32 Å². The monoisotopic (exact) mass is 279 g/mol. The Kier molecular flexibility index (Phi) is 2.67. The Hall–Kier alpha value is -2.76. The van der Waals surface area contributed by atoms with E-state index in [9.17, 15) is 4.79 Å². The average molecular weight is 279 g/mol. The van der Waals surface area contributed by atoms with Crippen LogP contribution < -0.4 is 5.32 Å². The summed E-state index contributed by atoms with van der Waals surface area (Å²) in [5.74, 6) is 1.12. The van der Waals surface area contributed by atoms with E-state index < -0.39 is 0 Å². The number of H-pyrrole nitrogens is 1. The molecule has 1 amide bonds. The van der Waals surface area contributed by atoms with Crippen molar-refractivity contribution in [1.82, 2.24) is 20.2 Å². The summed E-state index contributed by atoms with van der Waals surface area (Å²) < 4.78 is 0. The highest BCUT2D eigenvalue weighted by molar-refractivity contribution is 6.07. The lowest BCUT2D eigenvalue weighted by atomic mass is 10.1. The minimum absolute atomic E-state index is 0.179. The Labute approximate surface area is 120 Å². The molecule has 21 heavy (non-hydrogen) atoms. The van der Waals surface area contributed by atoms with Gasteiger partial charge in [0.1, 0.15) is 5.82 Å². The zero-order valence-electron chi connectivity index (χ0n) is 11.2. The Morgan fingerprint density at radius 1 is 1.29 bits per heavy atom. The molecule has 104 valence electrons. The molecular weight excluding hydrogens is 266 g/mol. The number of fused-ring (bicyclic) bond motifs is 1. The summed E-state index contributed by atoms with van der Waals surface area (Å²) in [6, 6.07) is 7.62. The number of nitrogens with one attached hydrogen (secondary N) is 2. The van der Waals surface area contributed by atoms with Crippen molar-refractivity contribution >= 4 is 22.4 Å². The van der Waals surface area contributed by atoms with E-state index in [0.717, 1.165) is 29.4 Å². The van der Waals surface area contributed by atoms with E-state index in [4.69, 9.17) is 0 Å². The van der Waals surface area contributed by atoms with Crippen molar-refractivity contribution in [2.24, 2.45) is 0 Å². The predicted octanol–water partition coefficient (Wildman–Crippen LogP) is 2.48. The molecule has 0 radical (unpaired) electrons. The van der Waals surface area contributed by atoms with E-state index in [0.29, 0.717) is 11.6 Å². The van der Waals surface area contributed by atoms with Gasteiger partial charge in [-0.2, -0.15) is 0 Å². The van der Waals surface area contributed by atoms with Crippen LogP contribution in [0.5, 0.6) is 0 Å². The molecule has 1 saturated carbocycles. The highest BCUT2D eigenvalue weighted by atomic mass is 16.2. The maximum Gasteiger partial charge on any atom is 0.295 e. The number of hydrogen-bond acceptors (Lipinski definition) is 4. The van der Waals surface area contributed by atoms with Crippen molar-refractivity contribution in [3.05, 3.63) is 48.3 Å². The minimum Gasteiger partial charge on any atom is -0.319 e.